The topological polar surface area (TPSA) is 50.2 Å². The minimum Gasteiger partial charge on any atom is -0.332 e. The monoisotopic (exact) mass is 310 g/mol. The number of aromatic nitrogens is 2. The summed E-state index contributed by atoms with van der Waals surface area (Å²) in [6.45, 7) is 4.47. The number of urea groups is 1. The predicted octanol–water partition coefficient (Wildman–Crippen LogP) is 3.05. The highest BCUT2D eigenvalue weighted by Crippen LogP contribution is 2.35. The molecule has 0 spiro atoms. The second-order valence-corrected chi connectivity index (χ2v) is 6.50. The lowest BCUT2D eigenvalue weighted by atomic mass is 10.0. The number of carbonyl (C=O) groups is 1. The number of benzene rings is 1. The zero-order chi connectivity index (χ0) is 15.8. The predicted molar refractivity (Wildman–Crippen MR) is 89.6 cm³/mol. The van der Waals surface area contributed by atoms with Crippen LogP contribution >= 0.6 is 0 Å². The fourth-order valence-electron chi connectivity index (χ4n) is 3.69. The lowest BCUT2D eigenvalue weighted by Gasteiger charge is -2.20. The molecule has 5 nitrogen and oxygen atoms in total. The molecule has 5 heteroatoms. The summed E-state index contributed by atoms with van der Waals surface area (Å²) in [5.41, 5.74) is 3.39. The van der Waals surface area contributed by atoms with Gasteiger partial charge in [0.2, 0.25) is 0 Å². The van der Waals surface area contributed by atoms with Crippen molar-refractivity contribution in [1.82, 2.24) is 14.9 Å². The molecule has 2 aliphatic heterocycles. The van der Waals surface area contributed by atoms with Crippen molar-refractivity contribution in [3.8, 4) is 0 Å². The quantitative estimate of drug-likeness (QED) is 0.927. The van der Waals surface area contributed by atoms with Gasteiger partial charge in [0.15, 0.2) is 0 Å². The Bertz CT molecular complexity index is 736. The van der Waals surface area contributed by atoms with Gasteiger partial charge in [-0.05, 0) is 24.5 Å². The first-order chi connectivity index (χ1) is 11.2. The maximum atomic E-state index is 12.6. The van der Waals surface area contributed by atoms with Crippen LogP contribution in [0.4, 0.5) is 10.5 Å². The van der Waals surface area contributed by atoms with Crippen molar-refractivity contribution in [2.45, 2.75) is 45.2 Å². The largest absolute Gasteiger partial charge is 0.332 e. The normalized spacial score (nSPS) is 19.3. The van der Waals surface area contributed by atoms with Crippen molar-refractivity contribution in [2.24, 2.45) is 0 Å². The molecular weight excluding hydrogens is 288 g/mol. The molecule has 120 valence electrons. The van der Waals surface area contributed by atoms with Gasteiger partial charge < -0.3 is 9.88 Å². The fraction of sp³-hybridized carbons (Fsp3) is 0.444. The van der Waals surface area contributed by atoms with E-state index >= 15 is 0 Å². The van der Waals surface area contributed by atoms with Crippen LogP contribution in [0.5, 0.6) is 0 Å². The van der Waals surface area contributed by atoms with Crippen molar-refractivity contribution < 1.29 is 4.79 Å². The van der Waals surface area contributed by atoms with E-state index < -0.39 is 0 Å². The molecule has 0 radical (unpaired) electrons. The number of imidazole rings is 1. The highest BCUT2D eigenvalue weighted by atomic mass is 16.2. The molecule has 0 fully saturated rings. The van der Waals surface area contributed by atoms with Gasteiger partial charge in [0.25, 0.3) is 0 Å². The highest BCUT2D eigenvalue weighted by molar-refractivity contribution is 5.94. The summed E-state index contributed by atoms with van der Waals surface area (Å²) in [6, 6.07) is 8.15. The second kappa shape index (κ2) is 5.72. The maximum absolute atomic E-state index is 12.6. The van der Waals surface area contributed by atoms with E-state index in [1.54, 1.807) is 0 Å². The summed E-state index contributed by atoms with van der Waals surface area (Å²) in [5, 5.41) is 3.06. The number of fused-ring (bicyclic) bond motifs is 2. The van der Waals surface area contributed by atoms with Crippen molar-refractivity contribution in [1.29, 1.82) is 0 Å². The molecule has 23 heavy (non-hydrogen) atoms. The molecule has 0 bridgehead atoms. The Labute approximate surface area is 136 Å². The molecule has 3 heterocycles. The molecule has 2 amide bonds. The van der Waals surface area contributed by atoms with Crippen LogP contribution in [-0.2, 0) is 19.5 Å². The first-order valence-corrected chi connectivity index (χ1v) is 8.41. The Kier molecular flexibility index (Phi) is 3.56. The lowest BCUT2D eigenvalue weighted by Crippen LogP contribution is -2.39. The average Bonchev–Trinajstić information content (AvgIpc) is 3.15. The van der Waals surface area contributed by atoms with Crippen molar-refractivity contribution in [3.63, 3.8) is 0 Å². The number of carbonyl (C=O) groups excluding carboxylic acids is 1. The summed E-state index contributed by atoms with van der Waals surface area (Å²) in [5.74, 6) is 1.54. The van der Waals surface area contributed by atoms with E-state index in [0.29, 0.717) is 12.5 Å². The number of para-hydroxylation sites is 1. The molecular formula is C18H22N4O. The van der Waals surface area contributed by atoms with E-state index in [1.807, 2.05) is 29.3 Å². The third-order valence-electron chi connectivity index (χ3n) is 4.93. The van der Waals surface area contributed by atoms with Crippen LogP contribution < -0.4 is 10.2 Å². The number of amides is 2. The van der Waals surface area contributed by atoms with Gasteiger partial charge in [-0.2, -0.15) is 0 Å². The molecule has 2 aliphatic rings. The maximum Gasteiger partial charge on any atom is 0.322 e. The summed E-state index contributed by atoms with van der Waals surface area (Å²) < 4.78 is 2.25. The molecule has 1 aromatic carbocycles. The van der Waals surface area contributed by atoms with Gasteiger partial charge in [0.1, 0.15) is 5.82 Å². The van der Waals surface area contributed by atoms with Gasteiger partial charge in [-0.1, -0.05) is 25.1 Å². The third-order valence-corrected chi connectivity index (χ3v) is 4.93. The average molecular weight is 310 g/mol. The van der Waals surface area contributed by atoms with Crippen LogP contribution in [0.15, 0.2) is 30.5 Å². The SMILES string of the molecule is CC1CN(C(=O)NCc2cnc3n2CCCC3)c2ccccc21. The Balaban J connectivity index is 1.46. The minimum atomic E-state index is -0.0202. The summed E-state index contributed by atoms with van der Waals surface area (Å²) in [7, 11) is 0. The lowest BCUT2D eigenvalue weighted by molar-refractivity contribution is 0.246. The number of aryl methyl sites for hydroxylation is 1. The first kappa shape index (κ1) is 14.3. The zero-order valence-electron chi connectivity index (χ0n) is 13.5. The van der Waals surface area contributed by atoms with Crippen molar-refractivity contribution in [3.05, 3.63) is 47.5 Å². The third kappa shape index (κ3) is 2.50. The molecule has 1 unspecified atom stereocenters. The Morgan fingerprint density at radius 2 is 2.22 bits per heavy atom. The van der Waals surface area contributed by atoms with Crippen LogP contribution in [0, 0.1) is 0 Å². The van der Waals surface area contributed by atoms with Crippen LogP contribution in [0.2, 0.25) is 0 Å². The summed E-state index contributed by atoms with van der Waals surface area (Å²) >= 11 is 0. The van der Waals surface area contributed by atoms with Crippen LogP contribution in [0.3, 0.4) is 0 Å². The summed E-state index contributed by atoms with van der Waals surface area (Å²) in [4.78, 5) is 18.9. The Hall–Kier alpha value is -2.30. The molecule has 2 aromatic rings. The minimum absolute atomic E-state index is 0.0202. The molecule has 0 saturated carbocycles. The van der Waals surface area contributed by atoms with Crippen molar-refractivity contribution >= 4 is 11.7 Å². The van der Waals surface area contributed by atoms with Crippen molar-refractivity contribution in [2.75, 3.05) is 11.4 Å². The number of nitrogens with zero attached hydrogens (tertiary/aromatic N) is 3. The number of hydrogen-bond acceptors (Lipinski definition) is 2. The molecule has 0 aliphatic carbocycles. The standard InChI is InChI=1S/C18H22N4O/c1-13-12-22(16-7-3-2-6-15(13)16)18(23)20-11-14-10-19-17-8-4-5-9-21(14)17/h2-3,6-7,10,13H,4-5,8-9,11-12H2,1H3,(H,20,23). The van der Waals surface area contributed by atoms with E-state index in [2.05, 4.69) is 27.9 Å². The number of rotatable bonds is 2. The smallest absolute Gasteiger partial charge is 0.322 e. The fourth-order valence-corrected chi connectivity index (χ4v) is 3.69. The van der Waals surface area contributed by atoms with Crippen LogP contribution in [0.25, 0.3) is 0 Å². The van der Waals surface area contributed by atoms with Crippen LogP contribution in [-0.4, -0.2) is 22.1 Å². The highest BCUT2D eigenvalue weighted by Gasteiger charge is 2.29. The zero-order valence-corrected chi connectivity index (χ0v) is 13.5. The second-order valence-electron chi connectivity index (χ2n) is 6.50. The van der Waals surface area contributed by atoms with Crippen LogP contribution in [0.1, 0.15) is 42.8 Å². The van der Waals surface area contributed by atoms with Gasteiger partial charge in [-0.25, -0.2) is 9.78 Å². The van der Waals surface area contributed by atoms with Gasteiger partial charge >= 0.3 is 6.03 Å². The van der Waals surface area contributed by atoms with E-state index in [4.69, 9.17) is 0 Å². The molecule has 1 atom stereocenters. The number of hydrogen-bond donors (Lipinski definition) is 1. The number of anilines is 1. The van der Waals surface area contributed by atoms with Gasteiger partial charge in [0.05, 0.1) is 18.4 Å². The van der Waals surface area contributed by atoms with E-state index in [1.165, 1.54) is 18.4 Å². The molecule has 1 aromatic heterocycles. The van der Waals surface area contributed by atoms with E-state index in [0.717, 1.165) is 36.7 Å². The van der Waals surface area contributed by atoms with E-state index in [-0.39, 0.29) is 6.03 Å². The molecule has 1 N–H and O–H groups in total. The first-order valence-electron chi connectivity index (χ1n) is 8.41. The Morgan fingerprint density at radius 3 is 3.13 bits per heavy atom. The molecule has 4 rings (SSSR count). The molecule has 0 saturated heterocycles. The summed E-state index contributed by atoms with van der Waals surface area (Å²) in [6.07, 6.45) is 5.36. The van der Waals surface area contributed by atoms with E-state index in [9.17, 15) is 4.79 Å². The Morgan fingerprint density at radius 1 is 1.35 bits per heavy atom. The van der Waals surface area contributed by atoms with Gasteiger partial charge in [0, 0.05) is 31.1 Å². The van der Waals surface area contributed by atoms with Gasteiger partial charge in [-0.3, -0.25) is 4.90 Å². The number of nitrogens with one attached hydrogen (secondary N) is 1. The van der Waals surface area contributed by atoms with Gasteiger partial charge in [-0.15, -0.1) is 0 Å².